The first-order chi connectivity index (χ1) is 11.4. The quantitative estimate of drug-likeness (QED) is 0.791. The summed E-state index contributed by atoms with van der Waals surface area (Å²) >= 11 is 0. The molecule has 0 N–H and O–H groups in total. The van der Waals surface area contributed by atoms with Gasteiger partial charge in [-0.2, -0.15) is 0 Å². The van der Waals surface area contributed by atoms with E-state index in [1.54, 1.807) is 7.11 Å². The largest absolute Gasteiger partial charge is 0.497 e. The molecule has 0 atom stereocenters. The van der Waals surface area contributed by atoms with Crippen LogP contribution in [0.4, 0.5) is 11.4 Å². The van der Waals surface area contributed by atoms with E-state index in [2.05, 4.69) is 81.1 Å². The van der Waals surface area contributed by atoms with Crippen LogP contribution >= 0.6 is 0 Å². The molecule has 0 saturated carbocycles. The topological polar surface area (TPSA) is 15.7 Å². The van der Waals surface area contributed by atoms with Crippen LogP contribution in [0.1, 0.15) is 27.8 Å². The molecule has 0 bridgehead atoms. The number of methoxy groups -OCH3 is 1. The smallest absolute Gasteiger partial charge is 0.119 e. The molecule has 0 spiro atoms. The van der Waals surface area contributed by atoms with Gasteiger partial charge in [0, 0.05) is 23.8 Å². The Labute approximate surface area is 145 Å². The van der Waals surface area contributed by atoms with Gasteiger partial charge in [0.2, 0.25) is 0 Å². The van der Waals surface area contributed by atoms with E-state index in [1.165, 1.54) is 39.2 Å². The zero-order valence-corrected chi connectivity index (χ0v) is 15.5. The molecule has 3 heteroatoms. The van der Waals surface area contributed by atoms with Crippen LogP contribution in [0.2, 0.25) is 0 Å². The molecule has 1 aliphatic heterocycles. The normalized spacial score (nSPS) is 13.8. The maximum atomic E-state index is 5.38. The van der Waals surface area contributed by atoms with Gasteiger partial charge < -0.3 is 14.5 Å². The fourth-order valence-corrected chi connectivity index (χ4v) is 3.82. The number of aryl methyl sites for hydroxylation is 5. The first-order valence-corrected chi connectivity index (χ1v) is 8.35. The maximum absolute atomic E-state index is 5.38. The third-order valence-electron chi connectivity index (χ3n) is 4.64. The van der Waals surface area contributed by atoms with Crippen molar-refractivity contribution in [3.05, 3.63) is 64.5 Å². The van der Waals surface area contributed by atoms with E-state index in [0.717, 1.165) is 12.4 Å². The highest BCUT2D eigenvalue weighted by atomic mass is 16.5. The first kappa shape index (κ1) is 16.4. The molecule has 3 rings (SSSR count). The molecule has 0 aromatic heterocycles. The van der Waals surface area contributed by atoms with Gasteiger partial charge in [0.1, 0.15) is 5.75 Å². The minimum Gasteiger partial charge on any atom is -0.497 e. The summed E-state index contributed by atoms with van der Waals surface area (Å²) in [5.74, 6) is 0.916. The van der Waals surface area contributed by atoms with Gasteiger partial charge in [-0.05, 0) is 69.0 Å². The lowest BCUT2D eigenvalue weighted by Crippen LogP contribution is -2.26. The fourth-order valence-electron chi connectivity index (χ4n) is 3.82. The second-order valence-corrected chi connectivity index (χ2v) is 6.74. The van der Waals surface area contributed by atoms with Crippen molar-refractivity contribution in [1.82, 2.24) is 0 Å². The van der Waals surface area contributed by atoms with Crippen molar-refractivity contribution >= 4 is 11.4 Å². The molecule has 0 saturated heterocycles. The van der Waals surface area contributed by atoms with Crippen molar-refractivity contribution in [3.8, 4) is 5.75 Å². The molecule has 0 aliphatic carbocycles. The summed E-state index contributed by atoms with van der Waals surface area (Å²) in [5.41, 5.74) is 8.99. The highest BCUT2D eigenvalue weighted by Crippen LogP contribution is 2.34. The lowest BCUT2D eigenvalue weighted by atomic mass is 10.0. The molecule has 0 radical (unpaired) electrons. The Morgan fingerprint density at radius 3 is 1.54 bits per heavy atom. The Kier molecular flexibility index (Phi) is 4.27. The van der Waals surface area contributed by atoms with Crippen LogP contribution in [0.15, 0.2) is 36.7 Å². The van der Waals surface area contributed by atoms with Gasteiger partial charge in [0.15, 0.2) is 0 Å². The third kappa shape index (κ3) is 2.86. The van der Waals surface area contributed by atoms with E-state index in [9.17, 15) is 0 Å². The lowest BCUT2D eigenvalue weighted by molar-refractivity contribution is 0.414. The van der Waals surface area contributed by atoms with Crippen LogP contribution in [0, 0.1) is 34.6 Å². The molecule has 0 unspecified atom stereocenters. The number of ether oxygens (including phenoxy) is 1. The number of anilines is 2. The zero-order chi connectivity index (χ0) is 17.4. The average Bonchev–Trinajstić information content (AvgIpc) is 2.94. The van der Waals surface area contributed by atoms with Crippen molar-refractivity contribution in [2.45, 2.75) is 34.6 Å². The van der Waals surface area contributed by atoms with E-state index in [-0.39, 0.29) is 0 Å². The van der Waals surface area contributed by atoms with Gasteiger partial charge in [-0.1, -0.05) is 17.7 Å². The van der Waals surface area contributed by atoms with Crippen molar-refractivity contribution in [1.29, 1.82) is 0 Å². The van der Waals surface area contributed by atoms with E-state index < -0.39 is 0 Å². The summed E-state index contributed by atoms with van der Waals surface area (Å²) in [6, 6.07) is 8.70. The van der Waals surface area contributed by atoms with Crippen molar-refractivity contribution < 1.29 is 4.74 Å². The minimum absolute atomic E-state index is 0.832. The Morgan fingerprint density at radius 1 is 0.708 bits per heavy atom. The molecule has 24 heavy (non-hydrogen) atoms. The number of nitrogens with zero attached hydrogens (tertiary/aromatic N) is 2. The van der Waals surface area contributed by atoms with Gasteiger partial charge in [-0.25, -0.2) is 0 Å². The molecule has 1 heterocycles. The highest BCUT2D eigenvalue weighted by molar-refractivity contribution is 5.69. The molecule has 2 aromatic carbocycles. The zero-order valence-electron chi connectivity index (χ0n) is 15.5. The molecule has 2 aromatic rings. The number of hydrogen-bond acceptors (Lipinski definition) is 3. The summed E-state index contributed by atoms with van der Waals surface area (Å²) in [6.45, 7) is 11.7. The van der Waals surface area contributed by atoms with Crippen molar-refractivity contribution in [3.63, 3.8) is 0 Å². The number of rotatable bonds is 3. The Hall–Kier alpha value is -2.42. The summed E-state index contributed by atoms with van der Waals surface area (Å²) < 4.78 is 5.38. The summed E-state index contributed by atoms with van der Waals surface area (Å²) in [6.07, 6.45) is 4.34. The van der Waals surface area contributed by atoms with Gasteiger partial charge in [0.05, 0.1) is 13.8 Å². The minimum atomic E-state index is 0.832. The van der Waals surface area contributed by atoms with E-state index in [0.29, 0.717) is 0 Å². The highest BCUT2D eigenvalue weighted by Gasteiger charge is 2.21. The van der Waals surface area contributed by atoms with Crippen LogP contribution in [-0.4, -0.2) is 13.8 Å². The molecular formula is C21H26N2O. The average molecular weight is 322 g/mol. The second-order valence-electron chi connectivity index (χ2n) is 6.74. The van der Waals surface area contributed by atoms with Crippen LogP contribution in [0.5, 0.6) is 5.75 Å². The number of hydrogen-bond donors (Lipinski definition) is 0. The van der Waals surface area contributed by atoms with E-state index >= 15 is 0 Å². The Bertz CT molecular complexity index is 761. The first-order valence-electron chi connectivity index (χ1n) is 8.35. The van der Waals surface area contributed by atoms with Gasteiger partial charge in [-0.15, -0.1) is 0 Å². The molecule has 1 aliphatic rings. The molecule has 0 fully saturated rings. The predicted molar refractivity (Wildman–Crippen MR) is 102 cm³/mol. The van der Waals surface area contributed by atoms with Gasteiger partial charge >= 0.3 is 0 Å². The number of benzene rings is 2. The Morgan fingerprint density at radius 2 is 1.12 bits per heavy atom. The second kappa shape index (κ2) is 6.23. The third-order valence-corrected chi connectivity index (χ3v) is 4.64. The van der Waals surface area contributed by atoms with Crippen molar-refractivity contribution in [2.24, 2.45) is 0 Å². The van der Waals surface area contributed by atoms with E-state index in [4.69, 9.17) is 4.74 Å². The monoisotopic (exact) mass is 322 g/mol. The van der Waals surface area contributed by atoms with Crippen molar-refractivity contribution in [2.75, 3.05) is 23.6 Å². The van der Waals surface area contributed by atoms with E-state index in [1.807, 2.05) is 0 Å². The lowest BCUT2D eigenvalue weighted by Gasteiger charge is -2.27. The van der Waals surface area contributed by atoms with Gasteiger partial charge in [-0.3, -0.25) is 0 Å². The van der Waals surface area contributed by atoms with Crippen LogP contribution in [0.3, 0.4) is 0 Å². The van der Waals surface area contributed by atoms with Crippen LogP contribution < -0.4 is 14.5 Å². The van der Waals surface area contributed by atoms with Crippen LogP contribution in [-0.2, 0) is 0 Å². The summed E-state index contributed by atoms with van der Waals surface area (Å²) in [7, 11) is 1.72. The SMILES string of the molecule is COc1cc(C)c(N2C=CN(c3c(C)cc(C)cc3C)C2)c(C)c1. The summed E-state index contributed by atoms with van der Waals surface area (Å²) in [4.78, 5) is 4.63. The maximum Gasteiger partial charge on any atom is 0.119 e. The molecule has 0 amide bonds. The molecule has 126 valence electrons. The Balaban J connectivity index is 1.91. The fraction of sp³-hybridized carbons (Fsp3) is 0.333. The molecule has 3 nitrogen and oxygen atoms in total. The van der Waals surface area contributed by atoms with Crippen LogP contribution in [0.25, 0.3) is 0 Å². The summed E-state index contributed by atoms with van der Waals surface area (Å²) in [5, 5.41) is 0. The standard InChI is InChI=1S/C21H26N2O/c1-14-9-15(2)20(16(3)10-14)22-7-8-23(13-22)21-17(4)11-19(24-6)12-18(21)5/h7-12H,13H2,1-6H3. The predicted octanol–water partition coefficient (Wildman–Crippen LogP) is 4.99. The van der Waals surface area contributed by atoms with Gasteiger partial charge in [0.25, 0.3) is 0 Å². The molecular weight excluding hydrogens is 296 g/mol.